The highest BCUT2D eigenvalue weighted by Gasteiger charge is 2.40. The highest BCUT2D eigenvalue weighted by Crippen LogP contribution is 2.43. The molecule has 2 heterocycles. The molecule has 0 aliphatic carbocycles. The Labute approximate surface area is 141 Å². The van der Waals surface area contributed by atoms with Gasteiger partial charge in [-0.2, -0.15) is 18.4 Å². The van der Waals surface area contributed by atoms with Crippen LogP contribution in [0.15, 0.2) is 17.0 Å². The number of piperidine rings is 1. The monoisotopic (exact) mass is 376 g/mol. The minimum absolute atomic E-state index is 0.254. The molecule has 12 heteroatoms. The molecule has 1 aromatic heterocycles. The van der Waals surface area contributed by atoms with Gasteiger partial charge in [0.25, 0.3) is 0 Å². The van der Waals surface area contributed by atoms with Crippen molar-refractivity contribution in [2.75, 3.05) is 18.0 Å². The molecule has 0 radical (unpaired) electrons. The van der Waals surface area contributed by atoms with E-state index in [0.29, 0.717) is 13.1 Å². The minimum atomic E-state index is -4.90. The molecule has 0 unspecified atom stereocenters. The number of nitrogens with one attached hydrogen (secondary N) is 1. The van der Waals surface area contributed by atoms with Crippen LogP contribution >= 0.6 is 0 Å². The molecule has 0 bridgehead atoms. The second kappa shape index (κ2) is 6.26. The van der Waals surface area contributed by atoms with Gasteiger partial charge < -0.3 is 4.90 Å². The Bertz CT molecular complexity index is 861. The maximum absolute atomic E-state index is 13.4. The molecule has 8 nitrogen and oxygen atoms in total. The van der Waals surface area contributed by atoms with E-state index in [1.165, 1.54) is 6.07 Å². The van der Waals surface area contributed by atoms with Gasteiger partial charge in [0, 0.05) is 18.8 Å². The lowest BCUT2D eigenvalue weighted by Gasteiger charge is -2.31. The Morgan fingerprint density at radius 2 is 1.84 bits per heavy atom. The first-order chi connectivity index (χ1) is 11.7. The number of alkyl halides is 3. The van der Waals surface area contributed by atoms with Crippen LogP contribution in [0.4, 0.5) is 18.9 Å². The summed E-state index contributed by atoms with van der Waals surface area (Å²) in [7, 11) is -4.70. The van der Waals surface area contributed by atoms with Gasteiger partial charge in [0.2, 0.25) is 15.8 Å². The van der Waals surface area contributed by atoms with E-state index < -0.39 is 26.7 Å². The molecule has 136 valence electrons. The number of primary sulfonamides is 1. The van der Waals surface area contributed by atoms with Crippen molar-refractivity contribution in [3.8, 4) is 11.4 Å². The van der Waals surface area contributed by atoms with Gasteiger partial charge in [0.05, 0.1) is 11.1 Å². The topological polar surface area (TPSA) is 118 Å². The molecule has 1 aliphatic heterocycles. The van der Waals surface area contributed by atoms with E-state index in [-0.39, 0.29) is 17.1 Å². The standard InChI is InChI=1S/C13H15F3N6O2S/c14-13(15,16)8-4-5-9(22-6-2-1-3-7-22)10(11(8)25(17,23)24)12-18-20-21-19-12/h4-5H,1-3,6-7H2,(H2,17,23,24)(H,18,19,20,21). The number of hydrogen-bond acceptors (Lipinski definition) is 6. The zero-order chi connectivity index (χ0) is 18.2. The highest BCUT2D eigenvalue weighted by atomic mass is 32.2. The van der Waals surface area contributed by atoms with Crippen molar-refractivity contribution in [1.82, 2.24) is 20.6 Å². The van der Waals surface area contributed by atoms with Crippen molar-refractivity contribution in [2.45, 2.75) is 30.3 Å². The van der Waals surface area contributed by atoms with Crippen molar-refractivity contribution < 1.29 is 21.6 Å². The van der Waals surface area contributed by atoms with E-state index in [1.807, 2.05) is 4.90 Å². The lowest BCUT2D eigenvalue weighted by molar-refractivity contribution is -0.139. The minimum Gasteiger partial charge on any atom is -0.371 e. The fourth-order valence-electron chi connectivity index (χ4n) is 2.97. The van der Waals surface area contributed by atoms with Crippen molar-refractivity contribution >= 4 is 15.7 Å². The van der Waals surface area contributed by atoms with Crippen LogP contribution < -0.4 is 10.0 Å². The van der Waals surface area contributed by atoms with Gasteiger partial charge in [-0.1, -0.05) is 0 Å². The first kappa shape index (κ1) is 17.6. The second-order valence-corrected chi connectivity index (χ2v) is 7.16. The van der Waals surface area contributed by atoms with Crippen molar-refractivity contribution in [1.29, 1.82) is 0 Å². The summed E-state index contributed by atoms with van der Waals surface area (Å²) >= 11 is 0. The fraction of sp³-hybridized carbons (Fsp3) is 0.462. The Hall–Kier alpha value is -2.21. The van der Waals surface area contributed by atoms with Gasteiger partial charge in [-0.3, -0.25) is 0 Å². The maximum atomic E-state index is 13.4. The number of aromatic nitrogens is 4. The van der Waals surface area contributed by atoms with Crippen LogP contribution in [0.3, 0.4) is 0 Å². The van der Waals surface area contributed by atoms with E-state index in [4.69, 9.17) is 5.14 Å². The molecule has 25 heavy (non-hydrogen) atoms. The lowest BCUT2D eigenvalue weighted by atomic mass is 10.0. The lowest BCUT2D eigenvalue weighted by Crippen LogP contribution is -2.31. The number of nitrogens with two attached hydrogens (primary N) is 1. The van der Waals surface area contributed by atoms with E-state index in [2.05, 4.69) is 20.6 Å². The summed E-state index contributed by atoms with van der Waals surface area (Å²) in [6.07, 6.45) is -2.22. The van der Waals surface area contributed by atoms with Crippen LogP contribution in [-0.2, 0) is 16.2 Å². The number of sulfonamides is 1. The molecule has 0 atom stereocenters. The van der Waals surface area contributed by atoms with E-state index in [0.717, 1.165) is 25.3 Å². The molecule has 0 amide bonds. The number of rotatable bonds is 3. The van der Waals surface area contributed by atoms with E-state index >= 15 is 0 Å². The first-order valence-electron chi connectivity index (χ1n) is 7.45. The first-order valence-corrected chi connectivity index (χ1v) is 9.00. The molecule has 1 aliphatic rings. The summed E-state index contributed by atoms with van der Waals surface area (Å²) in [4.78, 5) is 0.772. The molecule has 0 saturated carbocycles. The maximum Gasteiger partial charge on any atom is 0.417 e. The van der Waals surface area contributed by atoms with Gasteiger partial charge in [0.1, 0.15) is 4.90 Å². The third-order valence-electron chi connectivity index (χ3n) is 3.99. The largest absolute Gasteiger partial charge is 0.417 e. The number of halogens is 3. The molecule has 1 aromatic carbocycles. The summed E-state index contributed by atoms with van der Waals surface area (Å²) in [5.74, 6) is -0.254. The zero-order valence-electron chi connectivity index (χ0n) is 12.9. The predicted molar refractivity (Wildman–Crippen MR) is 82.1 cm³/mol. The molecule has 3 N–H and O–H groups in total. The van der Waals surface area contributed by atoms with Crippen molar-refractivity contribution in [3.05, 3.63) is 17.7 Å². The van der Waals surface area contributed by atoms with Crippen LogP contribution in [0.2, 0.25) is 0 Å². The number of nitrogens with zero attached hydrogens (tertiary/aromatic N) is 4. The van der Waals surface area contributed by atoms with Crippen molar-refractivity contribution in [2.24, 2.45) is 5.14 Å². The molecular weight excluding hydrogens is 361 g/mol. The fourth-order valence-corrected chi connectivity index (χ4v) is 3.94. The van der Waals surface area contributed by atoms with E-state index in [1.54, 1.807) is 0 Å². The number of tetrazole rings is 1. The van der Waals surface area contributed by atoms with Crippen LogP contribution in [-0.4, -0.2) is 42.1 Å². The SMILES string of the molecule is NS(=O)(=O)c1c(C(F)(F)F)ccc(N2CCCCC2)c1-c1nn[nH]n1. The normalized spacial score (nSPS) is 16.2. The summed E-state index contributed by atoms with van der Waals surface area (Å²) in [5, 5.41) is 17.9. The van der Waals surface area contributed by atoms with Crippen LogP contribution in [0.5, 0.6) is 0 Å². The Morgan fingerprint density at radius 1 is 1.16 bits per heavy atom. The Kier molecular flexibility index (Phi) is 4.41. The van der Waals surface area contributed by atoms with E-state index in [9.17, 15) is 21.6 Å². The van der Waals surface area contributed by atoms with Gasteiger partial charge in [-0.25, -0.2) is 13.6 Å². The second-order valence-electron chi connectivity index (χ2n) is 5.66. The van der Waals surface area contributed by atoms with Crippen LogP contribution in [0.25, 0.3) is 11.4 Å². The number of anilines is 1. The number of aromatic amines is 1. The molecule has 3 rings (SSSR count). The average molecular weight is 376 g/mol. The quantitative estimate of drug-likeness (QED) is 0.839. The highest BCUT2D eigenvalue weighted by molar-refractivity contribution is 7.89. The zero-order valence-corrected chi connectivity index (χ0v) is 13.7. The van der Waals surface area contributed by atoms with Gasteiger partial charge in [0.15, 0.2) is 0 Å². The third-order valence-corrected chi connectivity index (χ3v) is 4.98. The van der Waals surface area contributed by atoms with Gasteiger partial charge >= 0.3 is 6.18 Å². The number of H-pyrrole nitrogens is 1. The molecule has 1 fully saturated rings. The molecule has 2 aromatic rings. The summed E-state index contributed by atoms with van der Waals surface area (Å²) < 4.78 is 64.2. The summed E-state index contributed by atoms with van der Waals surface area (Å²) in [5.41, 5.74) is -1.35. The predicted octanol–water partition coefficient (Wildman–Crippen LogP) is 1.52. The summed E-state index contributed by atoms with van der Waals surface area (Å²) in [6.45, 7) is 1.17. The van der Waals surface area contributed by atoms with Crippen LogP contribution in [0.1, 0.15) is 24.8 Å². The van der Waals surface area contributed by atoms with Gasteiger partial charge in [-0.05, 0) is 36.6 Å². The smallest absolute Gasteiger partial charge is 0.371 e. The number of benzene rings is 1. The summed E-state index contributed by atoms with van der Waals surface area (Å²) in [6, 6.07) is 1.96. The molecule has 0 spiro atoms. The third kappa shape index (κ3) is 3.44. The average Bonchev–Trinajstić information content (AvgIpc) is 3.07. The number of hydrogen-bond donors (Lipinski definition) is 2. The van der Waals surface area contributed by atoms with Gasteiger partial charge in [-0.15, -0.1) is 10.2 Å². The van der Waals surface area contributed by atoms with Crippen LogP contribution in [0, 0.1) is 0 Å². The van der Waals surface area contributed by atoms with Crippen molar-refractivity contribution in [3.63, 3.8) is 0 Å². The Morgan fingerprint density at radius 3 is 2.36 bits per heavy atom. The molecule has 1 saturated heterocycles. The Balaban J connectivity index is 2.34. The molecular formula is C13H15F3N6O2S.